The van der Waals surface area contributed by atoms with Crippen molar-refractivity contribution >= 4 is 17.7 Å². The Kier molecular flexibility index (Phi) is 7.65. The predicted octanol–water partition coefficient (Wildman–Crippen LogP) is 5.33. The van der Waals surface area contributed by atoms with Gasteiger partial charge in [0.05, 0.1) is 5.75 Å². The Hall–Kier alpha value is -2.87. The van der Waals surface area contributed by atoms with Crippen molar-refractivity contribution in [1.29, 1.82) is 0 Å². The molecule has 1 aliphatic rings. The number of benzene rings is 2. The molecule has 1 saturated carbocycles. The lowest BCUT2D eigenvalue weighted by molar-refractivity contribution is -0.119. The summed E-state index contributed by atoms with van der Waals surface area (Å²) in [5.74, 6) is 1.01. The molecule has 33 heavy (non-hydrogen) atoms. The first-order valence-electron chi connectivity index (χ1n) is 11.4. The third-order valence-corrected chi connectivity index (χ3v) is 6.90. The number of halogens is 1. The molecular weight excluding hydrogens is 439 g/mol. The SMILES string of the molecule is CC(Oc1ccccc1F)c1nnc(SCC(=O)NC2CCCCC2C)n1-c1ccccc1. The fourth-order valence-corrected chi connectivity index (χ4v) is 4.92. The van der Waals surface area contributed by atoms with Crippen LogP contribution < -0.4 is 10.1 Å². The van der Waals surface area contributed by atoms with E-state index in [9.17, 15) is 9.18 Å². The summed E-state index contributed by atoms with van der Waals surface area (Å²) in [7, 11) is 0. The lowest BCUT2D eigenvalue weighted by Crippen LogP contribution is -2.41. The number of nitrogens with zero attached hydrogens (tertiary/aromatic N) is 3. The fourth-order valence-electron chi connectivity index (χ4n) is 4.15. The molecule has 3 unspecified atom stereocenters. The van der Waals surface area contributed by atoms with Gasteiger partial charge in [-0.3, -0.25) is 9.36 Å². The lowest BCUT2D eigenvalue weighted by Gasteiger charge is -2.29. The number of aromatic nitrogens is 3. The van der Waals surface area contributed by atoms with Crippen molar-refractivity contribution in [3.63, 3.8) is 0 Å². The van der Waals surface area contributed by atoms with Crippen LogP contribution >= 0.6 is 11.8 Å². The number of amides is 1. The summed E-state index contributed by atoms with van der Waals surface area (Å²) in [6.45, 7) is 4.01. The molecule has 174 valence electrons. The average molecular weight is 469 g/mol. The van der Waals surface area contributed by atoms with Crippen LogP contribution in [0.15, 0.2) is 59.8 Å². The molecule has 1 fully saturated rings. The summed E-state index contributed by atoms with van der Waals surface area (Å²) in [4.78, 5) is 12.6. The molecule has 1 aromatic heterocycles. The Labute approximate surface area is 197 Å². The van der Waals surface area contributed by atoms with Gasteiger partial charge in [-0.15, -0.1) is 10.2 Å². The molecule has 4 rings (SSSR count). The quantitative estimate of drug-likeness (QED) is 0.452. The van der Waals surface area contributed by atoms with Gasteiger partial charge in [0.15, 0.2) is 28.7 Å². The van der Waals surface area contributed by atoms with E-state index in [-0.39, 0.29) is 23.5 Å². The molecule has 1 aliphatic carbocycles. The van der Waals surface area contributed by atoms with Gasteiger partial charge < -0.3 is 10.1 Å². The molecular formula is C25H29FN4O2S. The largest absolute Gasteiger partial charge is 0.480 e. The summed E-state index contributed by atoms with van der Waals surface area (Å²) in [5, 5.41) is 12.4. The van der Waals surface area contributed by atoms with Gasteiger partial charge in [0.2, 0.25) is 5.91 Å². The maximum Gasteiger partial charge on any atom is 0.230 e. The van der Waals surface area contributed by atoms with Crippen LogP contribution in [0.1, 0.15) is 51.5 Å². The van der Waals surface area contributed by atoms with E-state index >= 15 is 0 Å². The number of para-hydroxylation sites is 2. The molecule has 6 nitrogen and oxygen atoms in total. The smallest absolute Gasteiger partial charge is 0.230 e. The molecule has 0 radical (unpaired) electrons. The molecule has 0 bridgehead atoms. The summed E-state index contributed by atoms with van der Waals surface area (Å²) in [5.41, 5.74) is 0.852. The number of ether oxygens (including phenoxy) is 1. The zero-order chi connectivity index (χ0) is 23.2. The number of rotatable bonds is 8. The van der Waals surface area contributed by atoms with Crippen molar-refractivity contribution in [3.8, 4) is 11.4 Å². The number of nitrogens with one attached hydrogen (secondary N) is 1. The van der Waals surface area contributed by atoms with Gasteiger partial charge in [0.1, 0.15) is 0 Å². The second-order valence-electron chi connectivity index (χ2n) is 8.43. The predicted molar refractivity (Wildman–Crippen MR) is 127 cm³/mol. The first-order chi connectivity index (χ1) is 16.0. The van der Waals surface area contributed by atoms with E-state index < -0.39 is 11.9 Å². The van der Waals surface area contributed by atoms with Gasteiger partial charge in [-0.05, 0) is 49.9 Å². The average Bonchev–Trinajstić information content (AvgIpc) is 3.25. The molecule has 0 spiro atoms. The Morgan fingerprint density at radius 2 is 1.88 bits per heavy atom. The van der Waals surface area contributed by atoms with E-state index in [1.807, 2.05) is 41.8 Å². The Balaban J connectivity index is 1.51. The van der Waals surface area contributed by atoms with Crippen LogP contribution in [-0.4, -0.2) is 32.5 Å². The normalized spacial score (nSPS) is 19.1. The molecule has 1 N–H and O–H groups in total. The second kappa shape index (κ2) is 10.8. The Bertz CT molecular complexity index is 1080. The minimum Gasteiger partial charge on any atom is -0.480 e. The van der Waals surface area contributed by atoms with Crippen molar-refractivity contribution in [2.75, 3.05) is 5.75 Å². The lowest BCUT2D eigenvalue weighted by atomic mass is 9.86. The van der Waals surface area contributed by atoms with Crippen LogP contribution in [0.5, 0.6) is 5.75 Å². The monoisotopic (exact) mass is 468 g/mol. The number of carbonyl (C=O) groups excluding carboxylic acids is 1. The van der Waals surface area contributed by atoms with Crippen LogP contribution in [0.2, 0.25) is 0 Å². The third-order valence-electron chi connectivity index (χ3n) is 5.97. The maximum atomic E-state index is 14.1. The van der Waals surface area contributed by atoms with E-state index in [2.05, 4.69) is 22.4 Å². The van der Waals surface area contributed by atoms with Crippen molar-refractivity contribution < 1.29 is 13.9 Å². The van der Waals surface area contributed by atoms with Crippen molar-refractivity contribution in [2.45, 2.75) is 56.8 Å². The maximum absolute atomic E-state index is 14.1. The van der Waals surface area contributed by atoms with Gasteiger partial charge in [-0.1, -0.05) is 61.9 Å². The molecule has 0 saturated heterocycles. The molecule has 2 aromatic carbocycles. The van der Waals surface area contributed by atoms with Gasteiger partial charge >= 0.3 is 0 Å². The van der Waals surface area contributed by atoms with Gasteiger partial charge in [0.25, 0.3) is 0 Å². The molecule has 1 heterocycles. The number of thioether (sulfide) groups is 1. The highest BCUT2D eigenvalue weighted by Gasteiger charge is 2.25. The van der Waals surface area contributed by atoms with Crippen LogP contribution in [0, 0.1) is 11.7 Å². The highest BCUT2D eigenvalue weighted by Crippen LogP contribution is 2.29. The van der Waals surface area contributed by atoms with E-state index in [1.165, 1.54) is 24.2 Å². The van der Waals surface area contributed by atoms with Crippen molar-refractivity contribution in [3.05, 3.63) is 66.2 Å². The van der Waals surface area contributed by atoms with E-state index in [1.54, 1.807) is 18.2 Å². The second-order valence-corrected chi connectivity index (χ2v) is 9.37. The van der Waals surface area contributed by atoms with Crippen molar-refractivity contribution in [2.24, 2.45) is 5.92 Å². The summed E-state index contributed by atoms with van der Waals surface area (Å²) < 4.78 is 21.8. The van der Waals surface area contributed by atoms with Crippen LogP contribution in [-0.2, 0) is 4.79 Å². The summed E-state index contributed by atoms with van der Waals surface area (Å²) in [6, 6.07) is 16.2. The van der Waals surface area contributed by atoms with Gasteiger partial charge in [-0.25, -0.2) is 4.39 Å². The summed E-state index contributed by atoms with van der Waals surface area (Å²) >= 11 is 1.34. The van der Waals surface area contributed by atoms with Gasteiger partial charge in [0, 0.05) is 11.7 Å². The van der Waals surface area contributed by atoms with Crippen molar-refractivity contribution in [1.82, 2.24) is 20.1 Å². The highest BCUT2D eigenvalue weighted by molar-refractivity contribution is 7.99. The minimum absolute atomic E-state index is 0.00133. The van der Waals surface area contributed by atoms with Crippen LogP contribution in [0.3, 0.4) is 0 Å². The first-order valence-corrected chi connectivity index (χ1v) is 12.4. The molecule has 3 aromatic rings. The fraction of sp³-hybridized carbons (Fsp3) is 0.400. The summed E-state index contributed by atoms with van der Waals surface area (Å²) in [6.07, 6.45) is 4.03. The third kappa shape index (κ3) is 5.74. The highest BCUT2D eigenvalue weighted by atomic mass is 32.2. The zero-order valence-electron chi connectivity index (χ0n) is 18.9. The molecule has 8 heteroatoms. The molecule has 1 amide bonds. The Morgan fingerprint density at radius 3 is 2.64 bits per heavy atom. The number of hydrogen-bond donors (Lipinski definition) is 1. The number of hydrogen-bond acceptors (Lipinski definition) is 5. The van der Waals surface area contributed by atoms with Crippen LogP contribution in [0.4, 0.5) is 4.39 Å². The molecule has 0 aliphatic heterocycles. The minimum atomic E-state index is -0.555. The van der Waals surface area contributed by atoms with Crippen LogP contribution in [0.25, 0.3) is 5.69 Å². The number of carbonyl (C=O) groups is 1. The standard InChI is InChI=1S/C25H29FN4O2S/c1-17-10-6-8-14-21(17)27-23(31)16-33-25-29-28-24(30(25)19-11-4-3-5-12-19)18(2)32-22-15-9-7-13-20(22)26/h3-5,7,9,11-13,15,17-18,21H,6,8,10,14,16H2,1-2H3,(H,27,31). The first kappa shape index (κ1) is 23.3. The van der Waals surface area contributed by atoms with E-state index in [0.29, 0.717) is 16.9 Å². The van der Waals surface area contributed by atoms with E-state index in [4.69, 9.17) is 4.74 Å². The topological polar surface area (TPSA) is 69.0 Å². The zero-order valence-corrected chi connectivity index (χ0v) is 19.7. The molecule has 3 atom stereocenters. The van der Waals surface area contributed by atoms with Gasteiger partial charge in [-0.2, -0.15) is 0 Å². The Morgan fingerprint density at radius 1 is 1.15 bits per heavy atom. The van der Waals surface area contributed by atoms with E-state index in [0.717, 1.165) is 24.9 Å².